The molecule has 1 fully saturated rings. The number of nitrogens with zero attached hydrogens (tertiary/aromatic N) is 4. The number of hydrogen-bond donors (Lipinski definition) is 0. The number of hydrogen-bond acceptors (Lipinski definition) is 5. The zero-order valence-corrected chi connectivity index (χ0v) is 18.5. The first-order chi connectivity index (χ1) is 16.6. The van der Waals surface area contributed by atoms with Crippen LogP contribution in [0.4, 0.5) is 29.3 Å². The molecule has 2 heterocycles. The SMILES string of the molecule is O=C([O-])N(c1ccc([N+](=O)[O-])cc1)C1CCN(Cc2ccn(-c3ccc(C(F)(F)F)cc3)c2)CC1. The highest BCUT2D eigenvalue weighted by Gasteiger charge is 2.30. The van der Waals surface area contributed by atoms with Gasteiger partial charge in [0, 0.05) is 61.6 Å². The lowest BCUT2D eigenvalue weighted by molar-refractivity contribution is -0.384. The zero-order chi connectivity index (χ0) is 25.2. The van der Waals surface area contributed by atoms with E-state index in [1.54, 1.807) is 10.8 Å². The largest absolute Gasteiger partial charge is 0.530 e. The topological polar surface area (TPSA) is 94.7 Å². The van der Waals surface area contributed by atoms with Gasteiger partial charge in [0.2, 0.25) is 0 Å². The standard InChI is InChI=1S/C24H23F3N4O4/c25-24(26,27)18-1-3-19(4-2-18)29-14-9-17(16-29)15-28-12-10-21(11-13-28)30(23(32)33)20-5-7-22(8-6-20)31(34)35/h1-9,14,16,21H,10-13,15H2,(H,32,33)/p-1. The van der Waals surface area contributed by atoms with Gasteiger partial charge in [-0.3, -0.25) is 15.0 Å². The van der Waals surface area contributed by atoms with E-state index in [1.807, 2.05) is 12.3 Å². The zero-order valence-electron chi connectivity index (χ0n) is 18.5. The Labute approximate surface area is 199 Å². The summed E-state index contributed by atoms with van der Waals surface area (Å²) in [6, 6.07) is 11.9. The predicted octanol–water partition coefficient (Wildman–Crippen LogP) is 4.22. The average Bonchev–Trinajstić information content (AvgIpc) is 3.28. The Kier molecular flexibility index (Phi) is 6.79. The molecule has 2 aromatic carbocycles. The molecule has 0 spiro atoms. The minimum atomic E-state index is -4.38. The smallest absolute Gasteiger partial charge is 0.416 e. The fourth-order valence-corrected chi connectivity index (χ4v) is 4.31. The van der Waals surface area contributed by atoms with E-state index < -0.39 is 22.8 Å². The average molecular weight is 487 g/mol. The van der Waals surface area contributed by atoms with E-state index >= 15 is 0 Å². The van der Waals surface area contributed by atoms with Crippen LogP contribution in [0.3, 0.4) is 0 Å². The number of halogens is 3. The molecule has 11 heteroatoms. The normalized spacial score (nSPS) is 15.2. The Morgan fingerprint density at radius 1 is 1.03 bits per heavy atom. The van der Waals surface area contributed by atoms with Gasteiger partial charge in [0.1, 0.15) is 6.09 Å². The minimum Gasteiger partial charge on any atom is -0.530 e. The molecule has 1 aromatic heterocycles. The van der Waals surface area contributed by atoms with Crippen molar-refractivity contribution in [3.8, 4) is 5.69 Å². The van der Waals surface area contributed by atoms with Gasteiger partial charge in [-0.2, -0.15) is 13.2 Å². The number of carbonyl (C=O) groups excluding carboxylic acids is 1. The molecular weight excluding hydrogens is 465 g/mol. The number of aromatic nitrogens is 1. The summed E-state index contributed by atoms with van der Waals surface area (Å²) in [5.41, 5.74) is 1.12. The highest BCUT2D eigenvalue weighted by atomic mass is 19.4. The van der Waals surface area contributed by atoms with E-state index in [0.717, 1.165) is 22.6 Å². The van der Waals surface area contributed by atoms with Crippen molar-refractivity contribution in [1.29, 1.82) is 0 Å². The second kappa shape index (κ2) is 9.79. The number of nitro groups is 1. The van der Waals surface area contributed by atoms with Gasteiger partial charge < -0.3 is 19.4 Å². The summed E-state index contributed by atoms with van der Waals surface area (Å²) in [5.74, 6) is 0. The fraction of sp³-hybridized carbons (Fsp3) is 0.292. The Morgan fingerprint density at radius 3 is 2.20 bits per heavy atom. The van der Waals surface area contributed by atoms with Gasteiger partial charge in [-0.05, 0) is 60.9 Å². The first kappa shape index (κ1) is 24.3. The van der Waals surface area contributed by atoms with Crippen LogP contribution in [0, 0.1) is 10.1 Å². The molecule has 0 N–H and O–H groups in total. The number of likely N-dealkylation sites (tertiary alicyclic amines) is 1. The number of carboxylic acid groups (broad SMARTS) is 1. The molecular formula is C24H22F3N4O4-. The molecule has 35 heavy (non-hydrogen) atoms. The lowest BCUT2D eigenvalue weighted by Crippen LogP contribution is -2.51. The van der Waals surface area contributed by atoms with Gasteiger partial charge in [0.25, 0.3) is 5.69 Å². The van der Waals surface area contributed by atoms with Crippen LogP contribution >= 0.6 is 0 Å². The molecule has 0 atom stereocenters. The van der Waals surface area contributed by atoms with Crippen molar-refractivity contribution in [2.75, 3.05) is 18.0 Å². The van der Waals surface area contributed by atoms with Crippen molar-refractivity contribution in [3.05, 3.63) is 88.2 Å². The van der Waals surface area contributed by atoms with Gasteiger partial charge >= 0.3 is 6.18 Å². The summed E-state index contributed by atoms with van der Waals surface area (Å²) in [5, 5.41) is 22.7. The first-order valence-corrected chi connectivity index (χ1v) is 10.9. The summed E-state index contributed by atoms with van der Waals surface area (Å²) >= 11 is 0. The summed E-state index contributed by atoms with van der Waals surface area (Å²) in [7, 11) is 0. The Balaban J connectivity index is 1.36. The van der Waals surface area contributed by atoms with Gasteiger partial charge in [0.15, 0.2) is 0 Å². The maximum Gasteiger partial charge on any atom is 0.416 e. The Bertz CT molecular complexity index is 1180. The van der Waals surface area contributed by atoms with E-state index in [0.29, 0.717) is 43.9 Å². The minimum absolute atomic E-state index is 0.120. The lowest BCUT2D eigenvalue weighted by atomic mass is 10.0. The highest BCUT2D eigenvalue weighted by molar-refractivity contribution is 5.85. The molecule has 3 aromatic rings. The molecule has 1 aliphatic rings. The summed E-state index contributed by atoms with van der Waals surface area (Å²) in [4.78, 5) is 25.4. The van der Waals surface area contributed by atoms with Crippen molar-refractivity contribution in [2.24, 2.45) is 0 Å². The van der Waals surface area contributed by atoms with Crippen LogP contribution in [-0.2, 0) is 12.7 Å². The summed E-state index contributed by atoms with van der Waals surface area (Å²) < 4.78 is 40.1. The van der Waals surface area contributed by atoms with Crippen molar-refractivity contribution < 1.29 is 28.0 Å². The number of nitro benzene ring substituents is 1. The number of amides is 1. The third kappa shape index (κ3) is 5.62. The van der Waals surface area contributed by atoms with E-state index in [2.05, 4.69) is 4.90 Å². The number of non-ortho nitro benzene ring substituents is 1. The number of piperidine rings is 1. The lowest BCUT2D eigenvalue weighted by Gasteiger charge is -2.39. The Hall–Kier alpha value is -3.86. The van der Waals surface area contributed by atoms with Gasteiger partial charge in [0.05, 0.1) is 10.5 Å². The second-order valence-electron chi connectivity index (χ2n) is 8.39. The third-order valence-corrected chi connectivity index (χ3v) is 6.11. The molecule has 0 aliphatic carbocycles. The molecule has 1 saturated heterocycles. The molecule has 184 valence electrons. The number of rotatable bonds is 6. The quantitative estimate of drug-likeness (QED) is 0.383. The van der Waals surface area contributed by atoms with Crippen LogP contribution in [0.5, 0.6) is 0 Å². The van der Waals surface area contributed by atoms with Gasteiger partial charge in [-0.15, -0.1) is 0 Å². The second-order valence-corrected chi connectivity index (χ2v) is 8.39. The number of carbonyl (C=O) groups is 1. The molecule has 0 bridgehead atoms. The first-order valence-electron chi connectivity index (χ1n) is 10.9. The molecule has 0 saturated carbocycles. The number of anilines is 1. The van der Waals surface area contributed by atoms with Crippen LogP contribution in [-0.4, -0.2) is 39.6 Å². The molecule has 0 unspecified atom stereocenters. The van der Waals surface area contributed by atoms with E-state index in [1.165, 1.54) is 36.4 Å². The predicted molar refractivity (Wildman–Crippen MR) is 120 cm³/mol. The van der Waals surface area contributed by atoms with Crippen LogP contribution in [0.1, 0.15) is 24.0 Å². The van der Waals surface area contributed by atoms with Crippen LogP contribution in [0.2, 0.25) is 0 Å². The van der Waals surface area contributed by atoms with Gasteiger partial charge in [-0.25, -0.2) is 0 Å². The molecule has 1 aliphatic heterocycles. The van der Waals surface area contributed by atoms with E-state index in [9.17, 15) is 33.2 Å². The highest BCUT2D eigenvalue weighted by Crippen LogP contribution is 2.30. The number of benzene rings is 2. The molecule has 0 radical (unpaired) electrons. The molecule has 4 rings (SSSR count). The maximum absolute atomic E-state index is 12.8. The van der Waals surface area contributed by atoms with Crippen LogP contribution < -0.4 is 10.0 Å². The monoisotopic (exact) mass is 487 g/mol. The molecule has 8 nitrogen and oxygen atoms in total. The van der Waals surface area contributed by atoms with Crippen molar-refractivity contribution in [1.82, 2.24) is 9.47 Å². The van der Waals surface area contributed by atoms with Crippen molar-refractivity contribution >= 4 is 17.5 Å². The third-order valence-electron chi connectivity index (χ3n) is 6.11. The fourth-order valence-electron chi connectivity index (χ4n) is 4.31. The Morgan fingerprint density at radius 2 is 1.66 bits per heavy atom. The summed E-state index contributed by atoms with van der Waals surface area (Å²) in [6.07, 6.45) is -0.964. The van der Waals surface area contributed by atoms with E-state index in [-0.39, 0.29) is 11.7 Å². The van der Waals surface area contributed by atoms with E-state index in [4.69, 9.17) is 0 Å². The van der Waals surface area contributed by atoms with Crippen LogP contribution in [0.15, 0.2) is 67.0 Å². The van der Waals surface area contributed by atoms with Crippen molar-refractivity contribution in [3.63, 3.8) is 0 Å². The summed E-state index contributed by atoms with van der Waals surface area (Å²) in [6.45, 7) is 1.88. The van der Waals surface area contributed by atoms with Gasteiger partial charge in [-0.1, -0.05) is 0 Å². The maximum atomic E-state index is 12.8. The van der Waals surface area contributed by atoms with Crippen molar-refractivity contribution in [2.45, 2.75) is 31.6 Å². The number of alkyl halides is 3. The van der Waals surface area contributed by atoms with Crippen LogP contribution in [0.25, 0.3) is 5.69 Å². The molecule has 1 amide bonds.